The van der Waals surface area contributed by atoms with Gasteiger partial charge in [-0.3, -0.25) is 14.2 Å². The molecule has 0 aliphatic carbocycles. The summed E-state index contributed by atoms with van der Waals surface area (Å²) in [5, 5.41) is 0.918. The first kappa shape index (κ1) is 16.6. The molecule has 130 valence electrons. The van der Waals surface area contributed by atoms with E-state index in [9.17, 15) is 9.59 Å². The fourth-order valence-corrected chi connectivity index (χ4v) is 4.41. The molecule has 6 heteroatoms. The van der Waals surface area contributed by atoms with E-state index in [2.05, 4.69) is 9.97 Å². The number of rotatable bonds is 3. The fourth-order valence-electron chi connectivity index (χ4n) is 3.23. The molecule has 3 heterocycles. The lowest BCUT2D eigenvalue weighted by molar-refractivity contribution is 0.0932. The van der Waals surface area contributed by atoms with E-state index in [4.69, 9.17) is 0 Å². The second kappa shape index (κ2) is 6.14. The Bertz CT molecular complexity index is 1210. The Labute approximate surface area is 154 Å². The first-order valence-electron chi connectivity index (χ1n) is 8.34. The van der Waals surface area contributed by atoms with Gasteiger partial charge in [-0.05, 0) is 32.4 Å². The van der Waals surface area contributed by atoms with Gasteiger partial charge in [-0.2, -0.15) is 0 Å². The van der Waals surface area contributed by atoms with Crippen LogP contribution in [-0.4, -0.2) is 20.3 Å². The standard InChI is InChI=1S/C20H17N3O2S/c1-11-9-12(2)22-19-15(11)16-18(26-19)20(25)23(10-21-16)13(3)17(24)14-7-5-4-6-8-14/h4-10,13H,1-3H3. The van der Waals surface area contributed by atoms with Crippen LogP contribution >= 0.6 is 11.3 Å². The molecule has 4 rings (SSSR count). The SMILES string of the molecule is Cc1cc(C)c2c(n1)sc1c(=O)n(C(C)C(=O)c3ccccc3)cnc12. The zero-order valence-corrected chi connectivity index (χ0v) is 15.5. The topological polar surface area (TPSA) is 64.8 Å². The molecule has 0 aliphatic rings. The van der Waals surface area contributed by atoms with Crippen molar-refractivity contribution in [1.29, 1.82) is 0 Å². The molecule has 0 saturated heterocycles. The van der Waals surface area contributed by atoms with Gasteiger partial charge < -0.3 is 0 Å². The maximum Gasteiger partial charge on any atom is 0.272 e. The van der Waals surface area contributed by atoms with Gasteiger partial charge in [0.1, 0.15) is 9.53 Å². The summed E-state index contributed by atoms with van der Waals surface area (Å²) in [6.07, 6.45) is 1.47. The van der Waals surface area contributed by atoms with Crippen LogP contribution in [0.1, 0.15) is 34.6 Å². The largest absolute Gasteiger partial charge is 0.292 e. The van der Waals surface area contributed by atoms with Gasteiger partial charge in [-0.15, -0.1) is 11.3 Å². The molecule has 5 nitrogen and oxygen atoms in total. The number of hydrogen-bond donors (Lipinski definition) is 0. The molecule has 0 N–H and O–H groups in total. The van der Waals surface area contributed by atoms with Gasteiger partial charge in [-0.25, -0.2) is 9.97 Å². The Kier molecular flexibility index (Phi) is 3.92. The van der Waals surface area contributed by atoms with E-state index in [1.165, 1.54) is 22.2 Å². The molecule has 4 aromatic rings. The van der Waals surface area contributed by atoms with Crippen molar-refractivity contribution in [3.8, 4) is 0 Å². The predicted molar refractivity (Wildman–Crippen MR) is 104 cm³/mol. The van der Waals surface area contributed by atoms with Crippen molar-refractivity contribution in [2.45, 2.75) is 26.8 Å². The molecule has 0 spiro atoms. The second-order valence-corrected chi connectivity index (χ2v) is 7.40. The summed E-state index contributed by atoms with van der Waals surface area (Å²) in [6.45, 7) is 5.66. The average Bonchev–Trinajstić information content (AvgIpc) is 3.01. The number of ketones is 1. The van der Waals surface area contributed by atoms with Gasteiger partial charge in [0.05, 0.1) is 17.9 Å². The number of hydrogen-bond acceptors (Lipinski definition) is 5. The molecule has 0 radical (unpaired) electrons. The summed E-state index contributed by atoms with van der Waals surface area (Å²) < 4.78 is 1.95. The molecule has 0 fully saturated rings. The molecule has 3 aromatic heterocycles. The molecule has 1 aromatic carbocycles. The van der Waals surface area contributed by atoms with E-state index in [-0.39, 0.29) is 11.3 Å². The minimum atomic E-state index is -0.622. The summed E-state index contributed by atoms with van der Waals surface area (Å²) in [5.74, 6) is -0.111. The van der Waals surface area contributed by atoms with E-state index < -0.39 is 6.04 Å². The lowest BCUT2D eigenvalue weighted by Gasteiger charge is -2.13. The van der Waals surface area contributed by atoms with E-state index in [0.29, 0.717) is 15.8 Å². The Morgan fingerprint density at radius 2 is 1.92 bits per heavy atom. The number of fused-ring (bicyclic) bond motifs is 3. The van der Waals surface area contributed by atoms with Gasteiger partial charge in [-0.1, -0.05) is 30.3 Å². The Morgan fingerprint density at radius 3 is 2.65 bits per heavy atom. The zero-order chi connectivity index (χ0) is 18.4. The Morgan fingerprint density at radius 1 is 1.19 bits per heavy atom. The highest BCUT2D eigenvalue weighted by atomic mass is 32.1. The summed E-state index contributed by atoms with van der Waals surface area (Å²) in [4.78, 5) is 35.6. The summed E-state index contributed by atoms with van der Waals surface area (Å²) in [7, 11) is 0. The van der Waals surface area contributed by atoms with Crippen LogP contribution < -0.4 is 5.56 Å². The normalized spacial score (nSPS) is 12.6. The van der Waals surface area contributed by atoms with Crippen molar-refractivity contribution in [2.24, 2.45) is 0 Å². The van der Waals surface area contributed by atoms with Crippen LogP contribution in [0.4, 0.5) is 0 Å². The first-order chi connectivity index (χ1) is 12.5. The highest BCUT2D eigenvalue weighted by Crippen LogP contribution is 2.32. The molecule has 0 amide bonds. The average molecular weight is 363 g/mol. The van der Waals surface area contributed by atoms with E-state index >= 15 is 0 Å². The fraction of sp³-hybridized carbons (Fsp3) is 0.200. The van der Waals surface area contributed by atoms with E-state index in [1.54, 1.807) is 19.1 Å². The minimum absolute atomic E-state index is 0.111. The van der Waals surface area contributed by atoms with Crippen molar-refractivity contribution in [1.82, 2.24) is 14.5 Å². The number of carbonyl (C=O) groups excluding carboxylic acids is 1. The lowest BCUT2D eigenvalue weighted by atomic mass is 10.1. The van der Waals surface area contributed by atoms with Crippen LogP contribution in [-0.2, 0) is 0 Å². The van der Waals surface area contributed by atoms with Crippen molar-refractivity contribution in [2.75, 3.05) is 0 Å². The number of nitrogens with zero attached hydrogens (tertiary/aromatic N) is 3. The second-order valence-electron chi connectivity index (χ2n) is 6.40. The monoisotopic (exact) mass is 363 g/mol. The van der Waals surface area contributed by atoms with Crippen molar-refractivity contribution in [3.63, 3.8) is 0 Å². The number of aryl methyl sites for hydroxylation is 2. The minimum Gasteiger partial charge on any atom is -0.292 e. The zero-order valence-electron chi connectivity index (χ0n) is 14.7. The van der Waals surface area contributed by atoms with Crippen LogP contribution in [0.5, 0.6) is 0 Å². The summed E-state index contributed by atoms with van der Waals surface area (Å²) in [6, 6.07) is 10.4. The lowest BCUT2D eigenvalue weighted by Crippen LogP contribution is -2.28. The Balaban J connectivity index is 1.88. The highest BCUT2D eigenvalue weighted by Gasteiger charge is 2.21. The van der Waals surface area contributed by atoms with E-state index in [0.717, 1.165) is 21.5 Å². The van der Waals surface area contributed by atoms with Crippen molar-refractivity contribution < 1.29 is 4.79 Å². The number of pyridine rings is 1. The van der Waals surface area contributed by atoms with Crippen LogP contribution in [0.3, 0.4) is 0 Å². The van der Waals surface area contributed by atoms with Crippen LogP contribution in [0, 0.1) is 13.8 Å². The summed E-state index contributed by atoms with van der Waals surface area (Å²) in [5.41, 5.74) is 3.00. The maximum absolute atomic E-state index is 13.0. The number of benzene rings is 1. The molecule has 1 atom stereocenters. The molecule has 26 heavy (non-hydrogen) atoms. The van der Waals surface area contributed by atoms with Crippen LogP contribution in [0.2, 0.25) is 0 Å². The first-order valence-corrected chi connectivity index (χ1v) is 9.16. The molecule has 1 unspecified atom stereocenters. The molecule has 0 saturated carbocycles. The quantitative estimate of drug-likeness (QED) is 0.515. The van der Waals surface area contributed by atoms with Crippen LogP contribution in [0.15, 0.2) is 47.5 Å². The predicted octanol–water partition coefficient (Wildman–Crippen LogP) is 4.07. The number of aromatic nitrogens is 3. The van der Waals surface area contributed by atoms with Gasteiger partial charge in [0.2, 0.25) is 0 Å². The van der Waals surface area contributed by atoms with Gasteiger partial charge >= 0.3 is 0 Å². The number of thiophene rings is 1. The van der Waals surface area contributed by atoms with Crippen molar-refractivity contribution in [3.05, 3.63) is 69.9 Å². The van der Waals surface area contributed by atoms with E-state index in [1.807, 2.05) is 38.1 Å². The number of Topliss-reactive ketones (excluding diaryl/α,β-unsaturated/α-hetero) is 1. The third-order valence-corrected chi connectivity index (χ3v) is 5.62. The summed E-state index contributed by atoms with van der Waals surface area (Å²) >= 11 is 1.34. The maximum atomic E-state index is 13.0. The highest BCUT2D eigenvalue weighted by molar-refractivity contribution is 7.25. The molecule has 0 bridgehead atoms. The van der Waals surface area contributed by atoms with Crippen LogP contribution in [0.25, 0.3) is 20.4 Å². The Hall–Kier alpha value is -2.86. The molecular formula is C20H17N3O2S. The third kappa shape index (κ3) is 2.54. The third-order valence-electron chi connectivity index (χ3n) is 4.56. The number of carbonyl (C=O) groups is 1. The molecule has 0 aliphatic heterocycles. The van der Waals surface area contributed by atoms with Gasteiger partial charge in [0.25, 0.3) is 5.56 Å². The smallest absolute Gasteiger partial charge is 0.272 e. The molecular weight excluding hydrogens is 346 g/mol. The van der Waals surface area contributed by atoms with Crippen molar-refractivity contribution >= 4 is 37.6 Å². The van der Waals surface area contributed by atoms with Gasteiger partial charge in [0.15, 0.2) is 5.78 Å². The van der Waals surface area contributed by atoms with Gasteiger partial charge in [0, 0.05) is 16.6 Å².